The van der Waals surface area contributed by atoms with E-state index in [-0.39, 0.29) is 11.9 Å². The Hall–Kier alpha value is -1.36. The smallest absolute Gasteiger partial charge is 0.316 e. The monoisotopic (exact) mass is 352 g/mol. The largest absolute Gasteiger partial charge is 0.456 e. The number of benzene rings is 1. The van der Waals surface area contributed by atoms with Crippen LogP contribution < -0.4 is 0 Å². The van der Waals surface area contributed by atoms with Crippen LogP contribution in [0.3, 0.4) is 0 Å². The summed E-state index contributed by atoms with van der Waals surface area (Å²) in [6.45, 7) is 7.06. The van der Waals surface area contributed by atoms with Crippen molar-refractivity contribution in [2.45, 2.75) is 39.4 Å². The minimum absolute atomic E-state index is 0.337. The molecule has 0 N–H and O–H groups in total. The highest BCUT2D eigenvalue weighted by Crippen LogP contribution is 2.61. The lowest BCUT2D eigenvalue weighted by molar-refractivity contribution is -0.166. The van der Waals surface area contributed by atoms with Gasteiger partial charge in [0.1, 0.15) is 10.8 Å². The number of esters is 2. The molecule has 2 saturated heterocycles. The fraction of sp³-hybridized carbons (Fsp3) is 0.500. The second-order valence-electron chi connectivity index (χ2n) is 6.76. The van der Waals surface area contributed by atoms with Gasteiger partial charge in [0, 0.05) is 10.0 Å². The van der Waals surface area contributed by atoms with Crippen molar-refractivity contribution in [3.8, 4) is 0 Å². The lowest BCUT2D eigenvalue weighted by Crippen LogP contribution is -2.47. The SMILES string of the molecule is CC1(C)C(=O)OC2(c3ccc(Br)cc3)C1OC(=O)C2(C)C. The summed E-state index contributed by atoms with van der Waals surface area (Å²) >= 11 is 3.39. The third kappa shape index (κ3) is 1.61. The molecule has 4 nitrogen and oxygen atoms in total. The number of carbonyl (C=O) groups is 2. The summed E-state index contributed by atoms with van der Waals surface area (Å²) in [6, 6.07) is 7.49. The van der Waals surface area contributed by atoms with Gasteiger partial charge in [-0.1, -0.05) is 28.1 Å². The van der Waals surface area contributed by atoms with Gasteiger partial charge in [0.2, 0.25) is 0 Å². The molecule has 0 spiro atoms. The fourth-order valence-electron chi connectivity index (χ4n) is 3.31. The average Bonchev–Trinajstić information content (AvgIpc) is 2.73. The van der Waals surface area contributed by atoms with Crippen LogP contribution in [0.25, 0.3) is 0 Å². The summed E-state index contributed by atoms with van der Waals surface area (Å²) in [7, 11) is 0. The third-order valence-electron chi connectivity index (χ3n) is 4.74. The predicted octanol–water partition coefficient (Wildman–Crippen LogP) is 3.18. The molecule has 5 heteroatoms. The molecule has 0 bridgehead atoms. The number of hydrogen-bond acceptors (Lipinski definition) is 4. The molecule has 1 aromatic rings. The summed E-state index contributed by atoms with van der Waals surface area (Å²) in [6.07, 6.45) is -0.624. The van der Waals surface area contributed by atoms with Crippen molar-refractivity contribution in [1.29, 1.82) is 0 Å². The van der Waals surface area contributed by atoms with Crippen LogP contribution in [0.15, 0.2) is 28.7 Å². The number of fused-ring (bicyclic) bond motifs is 1. The number of ether oxygens (including phenoxy) is 2. The highest BCUT2D eigenvalue weighted by atomic mass is 79.9. The molecule has 112 valence electrons. The maximum atomic E-state index is 12.3. The molecule has 0 aromatic heterocycles. The molecule has 0 aliphatic carbocycles. The molecule has 2 atom stereocenters. The van der Waals surface area contributed by atoms with Crippen LogP contribution in [-0.2, 0) is 24.7 Å². The standard InChI is InChI=1S/C16H17BrO4/c1-14(2)11-16(21-12(14)18,15(3,4)13(19)20-11)9-5-7-10(17)8-6-9/h5-8,11H,1-4H3. The Labute approximate surface area is 131 Å². The lowest BCUT2D eigenvalue weighted by Gasteiger charge is -2.36. The van der Waals surface area contributed by atoms with Gasteiger partial charge in [-0.25, -0.2) is 0 Å². The van der Waals surface area contributed by atoms with Gasteiger partial charge in [-0.2, -0.15) is 0 Å². The maximum Gasteiger partial charge on any atom is 0.316 e. The van der Waals surface area contributed by atoms with Gasteiger partial charge < -0.3 is 9.47 Å². The summed E-state index contributed by atoms with van der Waals surface area (Å²) in [5.41, 5.74) is -2.10. The maximum absolute atomic E-state index is 12.3. The quantitative estimate of drug-likeness (QED) is 0.728. The van der Waals surface area contributed by atoms with E-state index in [1.807, 2.05) is 24.3 Å². The topological polar surface area (TPSA) is 52.6 Å². The Kier molecular flexibility index (Phi) is 2.84. The van der Waals surface area contributed by atoms with Crippen molar-refractivity contribution in [3.63, 3.8) is 0 Å². The van der Waals surface area contributed by atoms with Crippen LogP contribution in [0.1, 0.15) is 33.3 Å². The second-order valence-corrected chi connectivity index (χ2v) is 7.68. The van der Waals surface area contributed by atoms with E-state index >= 15 is 0 Å². The van der Waals surface area contributed by atoms with Gasteiger partial charge in [0.05, 0.1) is 0 Å². The molecule has 2 unspecified atom stereocenters. The third-order valence-corrected chi connectivity index (χ3v) is 5.27. The van der Waals surface area contributed by atoms with Crippen molar-refractivity contribution >= 4 is 27.9 Å². The first-order chi connectivity index (χ1) is 9.64. The van der Waals surface area contributed by atoms with Gasteiger partial charge in [0.15, 0.2) is 11.7 Å². The predicted molar refractivity (Wildman–Crippen MR) is 79.4 cm³/mol. The fourth-order valence-corrected chi connectivity index (χ4v) is 3.57. The Morgan fingerprint density at radius 2 is 1.57 bits per heavy atom. The first kappa shape index (κ1) is 14.6. The van der Waals surface area contributed by atoms with Crippen molar-refractivity contribution < 1.29 is 19.1 Å². The molecular formula is C16H17BrO4. The minimum atomic E-state index is -1.08. The van der Waals surface area contributed by atoms with E-state index < -0.39 is 22.5 Å². The molecular weight excluding hydrogens is 336 g/mol. The molecule has 2 aliphatic rings. The average molecular weight is 353 g/mol. The van der Waals surface area contributed by atoms with Crippen LogP contribution in [0.4, 0.5) is 0 Å². The van der Waals surface area contributed by atoms with Gasteiger partial charge in [-0.3, -0.25) is 9.59 Å². The molecule has 2 aliphatic heterocycles. The first-order valence-corrected chi connectivity index (χ1v) is 7.64. The van der Waals surface area contributed by atoms with E-state index in [0.29, 0.717) is 0 Å². The second kappa shape index (κ2) is 4.09. The zero-order valence-corrected chi connectivity index (χ0v) is 14.0. The van der Waals surface area contributed by atoms with E-state index in [9.17, 15) is 9.59 Å². The Bertz CT molecular complexity index is 630. The number of rotatable bonds is 1. The van der Waals surface area contributed by atoms with E-state index in [4.69, 9.17) is 9.47 Å². The minimum Gasteiger partial charge on any atom is -0.456 e. The van der Waals surface area contributed by atoms with Gasteiger partial charge in [-0.15, -0.1) is 0 Å². The number of hydrogen-bond donors (Lipinski definition) is 0. The van der Waals surface area contributed by atoms with E-state index in [2.05, 4.69) is 15.9 Å². The van der Waals surface area contributed by atoms with Crippen molar-refractivity contribution in [1.82, 2.24) is 0 Å². The summed E-state index contributed by atoms with van der Waals surface area (Å²) in [4.78, 5) is 24.7. The lowest BCUT2D eigenvalue weighted by atomic mass is 9.66. The Morgan fingerprint density at radius 3 is 2.14 bits per heavy atom. The van der Waals surface area contributed by atoms with E-state index in [1.54, 1.807) is 27.7 Å². The van der Waals surface area contributed by atoms with Gasteiger partial charge >= 0.3 is 11.9 Å². The molecule has 0 radical (unpaired) electrons. The zero-order valence-electron chi connectivity index (χ0n) is 12.4. The van der Waals surface area contributed by atoms with Crippen molar-refractivity contribution in [3.05, 3.63) is 34.3 Å². The molecule has 21 heavy (non-hydrogen) atoms. The Morgan fingerprint density at radius 1 is 1.00 bits per heavy atom. The van der Waals surface area contributed by atoms with Crippen LogP contribution >= 0.6 is 15.9 Å². The summed E-state index contributed by atoms with van der Waals surface area (Å²) < 4.78 is 12.3. The van der Waals surface area contributed by atoms with E-state index in [1.165, 1.54) is 0 Å². The molecule has 3 rings (SSSR count). The van der Waals surface area contributed by atoms with Gasteiger partial charge in [-0.05, 0) is 39.8 Å². The van der Waals surface area contributed by atoms with Crippen LogP contribution in [0.5, 0.6) is 0 Å². The summed E-state index contributed by atoms with van der Waals surface area (Å²) in [5.74, 6) is -0.674. The highest BCUT2D eigenvalue weighted by molar-refractivity contribution is 9.10. The number of carbonyl (C=O) groups excluding carboxylic acids is 2. The van der Waals surface area contributed by atoms with E-state index in [0.717, 1.165) is 10.0 Å². The molecule has 2 fully saturated rings. The molecule has 0 amide bonds. The Balaban J connectivity index is 2.26. The molecule has 2 heterocycles. The zero-order chi connectivity index (χ0) is 15.6. The van der Waals surface area contributed by atoms with Crippen molar-refractivity contribution in [2.75, 3.05) is 0 Å². The van der Waals surface area contributed by atoms with Gasteiger partial charge in [0.25, 0.3) is 0 Å². The van der Waals surface area contributed by atoms with Crippen molar-refractivity contribution in [2.24, 2.45) is 10.8 Å². The molecule has 1 aromatic carbocycles. The summed E-state index contributed by atoms with van der Waals surface area (Å²) in [5, 5.41) is 0. The molecule has 0 saturated carbocycles. The van der Waals surface area contributed by atoms with Crippen LogP contribution in [0.2, 0.25) is 0 Å². The van der Waals surface area contributed by atoms with Crippen LogP contribution in [0, 0.1) is 10.8 Å². The highest BCUT2D eigenvalue weighted by Gasteiger charge is 2.75. The number of halogens is 1. The normalized spacial score (nSPS) is 32.5. The van der Waals surface area contributed by atoms with Crippen LogP contribution in [-0.4, -0.2) is 18.0 Å². The first-order valence-electron chi connectivity index (χ1n) is 6.84.